The second-order valence-electron chi connectivity index (χ2n) is 6.93. The van der Waals surface area contributed by atoms with E-state index in [1.165, 1.54) is 16.7 Å². The van der Waals surface area contributed by atoms with Crippen LogP contribution in [0.25, 0.3) is 0 Å². The molecule has 3 N–H and O–H groups in total. The number of carbonyl (C=O) groups is 2. The number of ketones is 2. The van der Waals surface area contributed by atoms with Crippen molar-refractivity contribution in [1.82, 2.24) is 0 Å². The van der Waals surface area contributed by atoms with Gasteiger partial charge >= 0.3 is 0 Å². The Balaban J connectivity index is 0.000000307. The van der Waals surface area contributed by atoms with Crippen LogP contribution in [0.2, 0.25) is 0 Å². The van der Waals surface area contributed by atoms with Crippen LogP contribution in [0.3, 0.4) is 0 Å². The highest BCUT2D eigenvalue weighted by molar-refractivity contribution is 6.02. The lowest BCUT2D eigenvalue weighted by atomic mass is 9.80. The molecular weight excluding hydrogens is 308 g/mol. The van der Waals surface area contributed by atoms with Crippen molar-refractivity contribution >= 4 is 11.6 Å². The highest BCUT2D eigenvalue weighted by Gasteiger charge is 2.27. The monoisotopic (exact) mass is 336 g/mol. The van der Waals surface area contributed by atoms with Gasteiger partial charge in [-0.25, -0.2) is 0 Å². The number of aliphatic hydroxyl groups is 3. The van der Waals surface area contributed by atoms with Crippen molar-refractivity contribution in [3.63, 3.8) is 0 Å². The summed E-state index contributed by atoms with van der Waals surface area (Å²) in [6, 6.07) is 6.10. The Morgan fingerprint density at radius 1 is 1.00 bits per heavy atom. The SMILES string of the molecule is CC(CO)(CO)CO.Cc1cccc(C2CC(=O)CC(=O)C2)c1C. The van der Waals surface area contributed by atoms with Gasteiger partial charge in [-0.3, -0.25) is 9.59 Å². The van der Waals surface area contributed by atoms with Crippen LogP contribution >= 0.6 is 0 Å². The molecule has 1 aromatic carbocycles. The average Bonchev–Trinajstić information content (AvgIpc) is 2.56. The summed E-state index contributed by atoms with van der Waals surface area (Å²) in [5.74, 6) is 0.276. The standard InChI is InChI=1S/C14H16O2.C5H12O3/c1-9-4-3-5-14(10(9)2)11-6-12(15)8-13(16)7-11;1-5(2-6,3-7)4-8/h3-5,11H,6-8H2,1-2H3;6-8H,2-4H2,1H3. The van der Waals surface area contributed by atoms with Gasteiger partial charge in [0.25, 0.3) is 0 Å². The van der Waals surface area contributed by atoms with E-state index < -0.39 is 5.41 Å². The Labute approximate surface area is 143 Å². The minimum absolute atomic E-state index is 0.0853. The molecule has 1 saturated carbocycles. The molecule has 1 aliphatic rings. The van der Waals surface area contributed by atoms with E-state index in [1.54, 1.807) is 6.92 Å². The molecule has 1 aliphatic carbocycles. The molecule has 1 fully saturated rings. The van der Waals surface area contributed by atoms with E-state index in [9.17, 15) is 9.59 Å². The molecule has 1 aromatic rings. The Morgan fingerprint density at radius 2 is 1.50 bits per heavy atom. The quantitative estimate of drug-likeness (QED) is 0.727. The third kappa shape index (κ3) is 5.51. The zero-order chi connectivity index (χ0) is 18.3. The predicted octanol–water partition coefficient (Wildman–Crippen LogP) is 1.68. The third-order valence-electron chi connectivity index (χ3n) is 4.57. The van der Waals surface area contributed by atoms with Crippen LogP contribution < -0.4 is 0 Å². The van der Waals surface area contributed by atoms with Gasteiger partial charge < -0.3 is 15.3 Å². The fraction of sp³-hybridized carbons (Fsp3) is 0.579. The van der Waals surface area contributed by atoms with Gasteiger partial charge in [-0.2, -0.15) is 0 Å². The fourth-order valence-corrected chi connectivity index (χ4v) is 2.57. The maximum absolute atomic E-state index is 11.4. The normalized spacial score (nSPS) is 15.9. The smallest absolute Gasteiger partial charge is 0.140 e. The summed E-state index contributed by atoms with van der Waals surface area (Å²) in [6.07, 6.45) is 1.19. The van der Waals surface area contributed by atoms with Gasteiger partial charge in [0.05, 0.1) is 26.2 Å². The van der Waals surface area contributed by atoms with Crippen molar-refractivity contribution in [2.24, 2.45) is 5.41 Å². The molecule has 2 rings (SSSR count). The molecule has 5 heteroatoms. The summed E-state index contributed by atoms with van der Waals surface area (Å²) >= 11 is 0. The summed E-state index contributed by atoms with van der Waals surface area (Å²) in [7, 11) is 0. The van der Waals surface area contributed by atoms with Gasteiger partial charge in [-0.05, 0) is 36.5 Å². The Hall–Kier alpha value is -1.56. The van der Waals surface area contributed by atoms with Crippen molar-refractivity contribution in [2.75, 3.05) is 19.8 Å². The minimum Gasteiger partial charge on any atom is -0.396 e. The zero-order valence-corrected chi connectivity index (χ0v) is 14.7. The van der Waals surface area contributed by atoms with Gasteiger partial charge in [0, 0.05) is 18.3 Å². The lowest BCUT2D eigenvalue weighted by Gasteiger charge is -2.22. The number of hydrogen-bond acceptors (Lipinski definition) is 5. The van der Waals surface area contributed by atoms with Gasteiger partial charge in [0.2, 0.25) is 0 Å². The second-order valence-corrected chi connectivity index (χ2v) is 6.93. The van der Waals surface area contributed by atoms with Crippen LogP contribution in [0.1, 0.15) is 48.8 Å². The number of Topliss-reactive ketones (excluding diaryl/α,β-unsaturated/α-hetero) is 2. The lowest BCUT2D eigenvalue weighted by molar-refractivity contribution is -0.130. The number of aliphatic hydroxyl groups excluding tert-OH is 3. The highest BCUT2D eigenvalue weighted by atomic mass is 16.3. The Kier molecular flexibility index (Phi) is 7.73. The van der Waals surface area contributed by atoms with E-state index in [2.05, 4.69) is 19.9 Å². The molecule has 0 unspecified atom stereocenters. The molecule has 134 valence electrons. The van der Waals surface area contributed by atoms with E-state index in [1.807, 2.05) is 12.1 Å². The number of carbonyl (C=O) groups excluding carboxylic acids is 2. The second kappa shape index (κ2) is 9.06. The van der Waals surface area contributed by atoms with Crippen LogP contribution in [-0.2, 0) is 9.59 Å². The fourth-order valence-electron chi connectivity index (χ4n) is 2.57. The average molecular weight is 336 g/mol. The predicted molar refractivity (Wildman–Crippen MR) is 91.9 cm³/mol. The molecule has 0 heterocycles. The first-order valence-corrected chi connectivity index (χ1v) is 8.18. The van der Waals surface area contributed by atoms with E-state index >= 15 is 0 Å². The lowest BCUT2D eigenvalue weighted by Crippen LogP contribution is -2.29. The zero-order valence-electron chi connectivity index (χ0n) is 14.7. The van der Waals surface area contributed by atoms with Crippen LogP contribution in [0, 0.1) is 19.3 Å². The summed E-state index contributed by atoms with van der Waals surface area (Å²) in [4.78, 5) is 22.9. The maximum atomic E-state index is 11.4. The first kappa shape index (κ1) is 20.5. The van der Waals surface area contributed by atoms with Crippen molar-refractivity contribution in [1.29, 1.82) is 0 Å². The van der Waals surface area contributed by atoms with Crippen LogP contribution in [0.5, 0.6) is 0 Å². The van der Waals surface area contributed by atoms with Crippen molar-refractivity contribution in [3.8, 4) is 0 Å². The van der Waals surface area contributed by atoms with Crippen molar-refractivity contribution < 1.29 is 24.9 Å². The van der Waals surface area contributed by atoms with Crippen molar-refractivity contribution in [3.05, 3.63) is 34.9 Å². The van der Waals surface area contributed by atoms with Gasteiger partial charge in [0.15, 0.2) is 0 Å². The van der Waals surface area contributed by atoms with Crippen LogP contribution in [0.15, 0.2) is 18.2 Å². The third-order valence-corrected chi connectivity index (χ3v) is 4.57. The van der Waals surface area contributed by atoms with Gasteiger partial charge in [0.1, 0.15) is 11.6 Å². The molecule has 0 saturated heterocycles. The molecule has 0 spiro atoms. The van der Waals surface area contributed by atoms with Gasteiger partial charge in [-0.1, -0.05) is 25.1 Å². The first-order chi connectivity index (χ1) is 11.3. The van der Waals surface area contributed by atoms with Crippen LogP contribution in [0.4, 0.5) is 0 Å². The molecule has 24 heavy (non-hydrogen) atoms. The minimum atomic E-state index is -0.708. The van der Waals surface area contributed by atoms with E-state index in [-0.39, 0.29) is 43.7 Å². The van der Waals surface area contributed by atoms with E-state index in [4.69, 9.17) is 15.3 Å². The molecular formula is C19H28O5. The summed E-state index contributed by atoms with van der Waals surface area (Å²) < 4.78 is 0. The number of rotatable bonds is 4. The molecule has 0 atom stereocenters. The topological polar surface area (TPSA) is 94.8 Å². The van der Waals surface area contributed by atoms with E-state index in [0.29, 0.717) is 12.8 Å². The molecule has 0 radical (unpaired) electrons. The maximum Gasteiger partial charge on any atom is 0.140 e. The number of aryl methyl sites for hydroxylation is 1. The molecule has 0 bridgehead atoms. The number of hydrogen-bond donors (Lipinski definition) is 3. The first-order valence-electron chi connectivity index (χ1n) is 8.18. The number of benzene rings is 1. The largest absolute Gasteiger partial charge is 0.396 e. The van der Waals surface area contributed by atoms with Gasteiger partial charge in [-0.15, -0.1) is 0 Å². The molecule has 0 amide bonds. The van der Waals surface area contributed by atoms with Crippen LogP contribution in [-0.4, -0.2) is 46.7 Å². The van der Waals surface area contributed by atoms with E-state index in [0.717, 1.165) is 0 Å². The summed E-state index contributed by atoms with van der Waals surface area (Å²) in [6.45, 7) is 5.19. The summed E-state index contributed by atoms with van der Waals surface area (Å²) in [5.41, 5.74) is 2.90. The highest BCUT2D eigenvalue weighted by Crippen LogP contribution is 2.32. The Morgan fingerprint density at radius 3 is 1.92 bits per heavy atom. The molecule has 0 aliphatic heterocycles. The summed E-state index contributed by atoms with van der Waals surface area (Å²) in [5, 5.41) is 25.4. The Bertz CT molecular complexity index is 551. The molecule has 5 nitrogen and oxygen atoms in total. The molecule has 0 aromatic heterocycles. The van der Waals surface area contributed by atoms with Crippen molar-refractivity contribution in [2.45, 2.75) is 46.0 Å².